The third-order valence-electron chi connectivity index (χ3n) is 3.92. The molecule has 6 heteroatoms. The molecule has 2 heterocycles. The lowest BCUT2D eigenvalue weighted by molar-refractivity contribution is -0.139. The zero-order valence-corrected chi connectivity index (χ0v) is 12.9. The van der Waals surface area contributed by atoms with E-state index in [0.29, 0.717) is 13.2 Å². The summed E-state index contributed by atoms with van der Waals surface area (Å²) in [6, 6.07) is 9.76. The van der Waals surface area contributed by atoms with Crippen LogP contribution in [0.2, 0.25) is 0 Å². The van der Waals surface area contributed by atoms with Gasteiger partial charge in [-0.05, 0) is 18.4 Å². The number of benzene rings is 1. The van der Waals surface area contributed by atoms with Crippen LogP contribution in [0.4, 0.5) is 5.82 Å². The number of nitrogens with one attached hydrogen (secondary N) is 1. The number of amides is 1. The number of piperidine rings is 1. The molecular formula is C17H20N4O2. The van der Waals surface area contributed by atoms with E-state index in [1.807, 2.05) is 30.3 Å². The maximum Gasteiger partial charge on any atom is 0.248 e. The Balaban J connectivity index is 1.49. The van der Waals surface area contributed by atoms with Gasteiger partial charge in [-0.2, -0.15) is 0 Å². The average Bonchev–Trinajstić information content (AvgIpc) is 2.63. The van der Waals surface area contributed by atoms with E-state index in [-0.39, 0.29) is 11.8 Å². The minimum atomic E-state index is -0.0958. The second kappa shape index (κ2) is 7.69. The molecule has 120 valence electrons. The van der Waals surface area contributed by atoms with Crippen molar-refractivity contribution in [3.05, 3.63) is 54.5 Å². The maximum absolute atomic E-state index is 12.3. The molecule has 23 heavy (non-hydrogen) atoms. The van der Waals surface area contributed by atoms with Crippen LogP contribution in [0.25, 0.3) is 0 Å². The SMILES string of the molecule is O=C(NOCc1ccccc1)[C@@H]1CCCN(c2cnccn2)C1. The smallest absolute Gasteiger partial charge is 0.248 e. The van der Waals surface area contributed by atoms with Crippen molar-refractivity contribution in [3.63, 3.8) is 0 Å². The first-order valence-electron chi connectivity index (χ1n) is 7.79. The minimum Gasteiger partial charge on any atom is -0.355 e. The molecule has 1 saturated heterocycles. The molecule has 6 nitrogen and oxygen atoms in total. The molecule has 1 N–H and O–H groups in total. The van der Waals surface area contributed by atoms with E-state index in [1.54, 1.807) is 18.6 Å². The highest BCUT2D eigenvalue weighted by Gasteiger charge is 2.26. The minimum absolute atomic E-state index is 0.0745. The molecule has 0 aliphatic carbocycles. The Hall–Kier alpha value is -2.47. The number of anilines is 1. The van der Waals surface area contributed by atoms with Gasteiger partial charge in [0.05, 0.1) is 18.7 Å². The molecule has 0 radical (unpaired) electrons. The second-order valence-electron chi connectivity index (χ2n) is 5.59. The number of hydrogen-bond donors (Lipinski definition) is 1. The molecule has 1 aliphatic heterocycles. The van der Waals surface area contributed by atoms with E-state index in [1.165, 1.54) is 0 Å². The van der Waals surface area contributed by atoms with Crippen molar-refractivity contribution in [1.82, 2.24) is 15.4 Å². The second-order valence-corrected chi connectivity index (χ2v) is 5.59. The van der Waals surface area contributed by atoms with Gasteiger partial charge in [-0.25, -0.2) is 10.5 Å². The van der Waals surface area contributed by atoms with Crippen LogP contribution >= 0.6 is 0 Å². The van der Waals surface area contributed by atoms with Gasteiger partial charge in [0.25, 0.3) is 0 Å². The summed E-state index contributed by atoms with van der Waals surface area (Å²) in [5, 5.41) is 0. The van der Waals surface area contributed by atoms with Crippen molar-refractivity contribution in [2.75, 3.05) is 18.0 Å². The standard InChI is InChI=1S/C17H20N4O2/c22-17(20-23-13-14-5-2-1-3-6-14)15-7-4-10-21(12-15)16-11-18-8-9-19-16/h1-3,5-6,8-9,11,15H,4,7,10,12-13H2,(H,20,22)/t15-/m1/s1. The van der Waals surface area contributed by atoms with Crippen molar-refractivity contribution in [3.8, 4) is 0 Å². The van der Waals surface area contributed by atoms with Crippen LogP contribution in [0, 0.1) is 5.92 Å². The number of nitrogens with zero attached hydrogens (tertiary/aromatic N) is 3. The zero-order chi connectivity index (χ0) is 15.9. The van der Waals surface area contributed by atoms with E-state index in [4.69, 9.17) is 4.84 Å². The first-order valence-corrected chi connectivity index (χ1v) is 7.79. The van der Waals surface area contributed by atoms with Gasteiger partial charge >= 0.3 is 0 Å². The molecule has 1 aliphatic rings. The summed E-state index contributed by atoms with van der Waals surface area (Å²) in [7, 11) is 0. The normalized spacial score (nSPS) is 17.7. The highest BCUT2D eigenvalue weighted by Crippen LogP contribution is 2.20. The molecule has 0 saturated carbocycles. The quantitative estimate of drug-likeness (QED) is 0.855. The Bertz CT molecular complexity index is 621. The molecule has 1 aromatic carbocycles. The highest BCUT2D eigenvalue weighted by atomic mass is 16.6. The molecule has 3 rings (SSSR count). The molecule has 2 aromatic rings. The summed E-state index contributed by atoms with van der Waals surface area (Å²) in [6.45, 7) is 1.90. The Morgan fingerprint density at radius 2 is 2.17 bits per heavy atom. The Kier molecular flexibility index (Phi) is 5.16. The average molecular weight is 312 g/mol. The molecule has 1 amide bonds. The van der Waals surface area contributed by atoms with Crippen LogP contribution in [-0.4, -0.2) is 29.0 Å². The number of aromatic nitrogens is 2. The van der Waals surface area contributed by atoms with Gasteiger partial charge in [-0.1, -0.05) is 30.3 Å². The largest absolute Gasteiger partial charge is 0.355 e. The fourth-order valence-corrected chi connectivity index (χ4v) is 2.70. The summed E-state index contributed by atoms with van der Waals surface area (Å²) in [5.41, 5.74) is 3.60. The van der Waals surface area contributed by atoms with Gasteiger partial charge in [0.2, 0.25) is 5.91 Å². The molecule has 1 fully saturated rings. The predicted octanol–water partition coefficient (Wildman–Crippen LogP) is 1.94. The van der Waals surface area contributed by atoms with E-state index in [2.05, 4.69) is 20.3 Å². The van der Waals surface area contributed by atoms with Crippen LogP contribution in [0.5, 0.6) is 0 Å². The van der Waals surface area contributed by atoms with Crippen LogP contribution in [0.15, 0.2) is 48.9 Å². The fourth-order valence-electron chi connectivity index (χ4n) is 2.70. The summed E-state index contributed by atoms with van der Waals surface area (Å²) in [4.78, 5) is 28.1. The van der Waals surface area contributed by atoms with Gasteiger partial charge < -0.3 is 4.90 Å². The van der Waals surface area contributed by atoms with Crippen molar-refractivity contribution in [1.29, 1.82) is 0 Å². The highest BCUT2D eigenvalue weighted by molar-refractivity contribution is 5.78. The molecule has 0 bridgehead atoms. The van der Waals surface area contributed by atoms with Crippen LogP contribution in [0.1, 0.15) is 18.4 Å². The maximum atomic E-state index is 12.3. The summed E-state index contributed by atoms with van der Waals surface area (Å²) in [6.07, 6.45) is 6.86. The lowest BCUT2D eigenvalue weighted by Gasteiger charge is -2.32. The predicted molar refractivity (Wildman–Crippen MR) is 86.3 cm³/mol. The summed E-state index contributed by atoms with van der Waals surface area (Å²) >= 11 is 0. The van der Waals surface area contributed by atoms with Gasteiger partial charge in [0.15, 0.2) is 0 Å². The van der Waals surface area contributed by atoms with Crippen LogP contribution in [0.3, 0.4) is 0 Å². The van der Waals surface area contributed by atoms with Crippen molar-refractivity contribution in [2.45, 2.75) is 19.4 Å². The lowest BCUT2D eigenvalue weighted by Crippen LogP contribution is -2.43. The number of hydroxylamine groups is 1. The Morgan fingerprint density at radius 3 is 2.96 bits per heavy atom. The number of hydrogen-bond acceptors (Lipinski definition) is 5. The number of rotatable bonds is 5. The first kappa shape index (κ1) is 15.4. The van der Waals surface area contributed by atoms with Gasteiger partial charge in [-0.15, -0.1) is 0 Å². The first-order chi connectivity index (χ1) is 11.3. The van der Waals surface area contributed by atoms with Gasteiger partial charge in [0, 0.05) is 25.5 Å². The van der Waals surface area contributed by atoms with E-state index >= 15 is 0 Å². The van der Waals surface area contributed by atoms with E-state index < -0.39 is 0 Å². The number of carbonyl (C=O) groups is 1. The van der Waals surface area contributed by atoms with Crippen molar-refractivity contribution in [2.24, 2.45) is 5.92 Å². The summed E-state index contributed by atoms with van der Waals surface area (Å²) in [5.74, 6) is 0.645. The fraction of sp³-hybridized carbons (Fsp3) is 0.353. The lowest BCUT2D eigenvalue weighted by atomic mass is 9.97. The van der Waals surface area contributed by atoms with Crippen molar-refractivity contribution < 1.29 is 9.63 Å². The van der Waals surface area contributed by atoms with E-state index in [9.17, 15) is 4.79 Å². The molecular weight excluding hydrogens is 292 g/mol. The van der Waals surface area contributed by atoms with Crippen LogP contribution < -0.4 is 10.4 Å². The number of carbonyl (C=O) groups excluding carboxylic acids is 1. The topological polar surface area (TPSA) is 67.3 Å². The monoisotopic (exact) mass is 312 g/mol. The Morgan fingerprint density at radius 1 is 1.30 bits per heavy atom. The zero-order valence-electron chi connectivity index (χ0n) is 12.9. The molecule has 0 unspecified atom stereocenters. The van der Waals surface area contributed by atoms with Gasteiger partial charge in [-0.3, -0.25) is 14.6 Å². The van der Waals surface area contributed by atoms with Crippen LogP contribution in [-0.2, 0) is 16.2 Å². The third-order valence-corrected chi connectivity index (χ3v) is 3.92. The Labute approximate surface area is 135 Å². The van der Waals surface area contributed by atoms with Crippen molar-refractivity contribution >= 4 is 11.7 Å². The molecule has 1 atom stereocenters. The molecule has 1 aromatic heterocycles. The third kappa shape index (κ3) is 4.26. The van der Waals surface area contributed by atoms with E-state index in [0.717, 1.165) is 30.8 Å². The summed E-state index contributed by atoms with van der Waals surface area (Å²) < 4.78 is 0. The van der Waals surface area contributed by atoms with Gasteiger partial charge in [0.1, 0.15) is 5.82 Å². The molecule has 0 spiro atoms.